The molecular formula is C20H31N5O4S2. The Kier molecular flexibility index (Phi) is 8.90. The lowest BCUT2D eigenvalue weighted by molar-refractivity contribution is -0.119. The summed E-state index contributed by atoms with van der Waals surface area (Å²) in [5, 5.41) is 4.67. The van der Waals surface area contributed by atoms with Gasteiger partial charge in [-0.15, -0.1) is 0 Å². The minimum absolute atomic E-state index is 0.200. The van der Waals surface area contributed by atoms with Crippen molar-refractivity contribution in [1.82, 2.24) is 24.5 Å². The molecule has 0 aliphatic carbocycles. The Morgan fingerprint density at radius 2 is 1.90 bits per heavy atom. The maximum absolute atomic E-state index is 12.9. The van der Waals surface area contributed by atoms with Crippen LogP contribution in [0.1, 0.15) is 40.5 Å². The lowest BCUT2D eigenvalue weighted by Crippen LogP contribution is -2.41. The molecule has 0 fully saturated rings. The van der Waals surface area contributed by atoms with E-state index in [1.165, 1.54) is 23.1 Å². The number of amides is 3. The van der Waals surface area contributed by atoms with Crippen molar-refractivity contribution in [2.24, 2.45) is 0 Å². The topological polar surface area (TPSA) is 113 Å². The molecule has 3 amide bonds. The fourth-order valence-corrected chi connectivity index (χ4v) is 5.50. The number of aryl methyl sites for hydroxylation is 1. The van der Waals surface area contributed by atoms with Crippen molar-refractivity contribution in [3.63, 3.8) is 0 Å². The van der Waals surface area contributed by atoms with Gasteiger partial charge >= 0.3 is 6.03 Å². The van der Waals surface area contributed by atoms with Crippen molar-refractivity contribution in [2.45, 2.75) is 62.4 Å². The second kappa shape index (κ2) is 11.0. The van der Waals surface area contributed by atoms with Gasteiger partial charge in [-0.2, -0.15) is 4.31 Å². The van der Waals surface area contributed by atoms with Crippen LogP contribution in [0.4, 0.5) is 4.79 Å². The molecule has 0 saturated carbocycles. The summed E-state index contributed by atoms with van der Waals surface area (Å²) in [6.07, 6.45) is 1.89. The lowest BCUT2D eigenvalue weighted by Gasteiger charge is -2.18. The number of nitrogens with zero attached hydrogens (tertiary/aromatic N) is 3. The molecule has 1 atom stereocenters. The Hall–Kier alpha value is -2.11. The SMILES string of the molecule is CCCCn1c(S[C@H](C)C(=O)NC(=O)NC)nc2cc(S(=O)(=O)N(CC)CC)ccc21. The molecule has 0 unspecified atom stereocenters. The minimum atomic E-state index is -3.60. The van der Waals surface area contributed by atoms with E-state index in [2.05, 4.69) is 22.5 Å². The number of sulfonamides is 1. The molecule has 0 bridgehead atoms. The number of fused-ring (bicyclic) bond motifs is 1. The molecular weight excluding hydrogens is 438 g/mol. The van der Waals surface area contributed by atoms with Crippen LogP contribution in [0.25, 0.3) is 11.0 Å². The summed E-state index contributed by atoms with van der Waals surface area (Å²) < 4.78 is 29.2. The number of urea groups is 1. The Morgan fingerprint density at radius 3 is 2.48 bits per heavy atom. The van der Waals surface area contributed by atoms with Crippen LogP contribution in [-0.4, -0.2) is 59.6 Å². The van der Waals surface area contributed by atoms with E-state index in [-0.39, 0.29) is 4.90 Å². The highest BCUT2D eigenvalue weighted by Gasteiger charge is 2.24. The normalized spacial score (nSPS) is 12.8. The number of carbonyl (C=O) groups excluding carboxylic acids is 2. The average Bonchev–Trinajstić information content (AvgIpc) is 3.08. The maximum Gasteiger partial charge on any atom is 0.321 e. The number of rotatable bonds is 10. The van der Waals surface area contributed by atoms with Crippen LogP contribution in [0.5, 0.6) is 0 Å². The first-order valence-corrected chi connectivity index (χ1v) is 12.7. The zero-order valence-corrected chi connectivity index (χ0v) is 20.3. The molecule has 0 aliphatic heterocycles. The molecule has 172 valence electrons. The summed E-state index contributed by atoms with van der Waals surface area (Å²) in [7, 11) is -2.16. The number of carbonyl (C=O) groups is 2. The van der Waals surface area contributed by atoms with Crippen molar-refractivity contribution < 1.29 is 18.0 Å². The molecule has 2 rings (SSSR count). The molecule has 1 aromatic heterocycles. The summed E-state index contributed by atoms with van der Waals surface area (Å²) in [6.45, 7) is 8.87. The third-order valence-corrected chi connectivity index (χ3v) is 8.01. The number of aromatic nitrogens is 2. The minimum Gasteiger partial charge on any atom is -0.341 e. The number of thioether (sulfide) groups is 1. The monoisotopic (exact) mass is 469 g/mol. The fraction of sp³-hybridized carbons (Fsp3) is 0.550. The molecule has 2 N–H and O–H groups in total. The van der Waals surface area contributed by atoms with Gasteiger partial charge in [0.2, 0.25) is 15.9 Å². The largest absolute Gasteiger partial charge is 0.341 e. The van der Waals surface area contributed by atoms with Crippen molar-refractivity contribution in [1.29, 1.82) is 0 Å². The number of hydrogen-bond donors (Lipinski definition) is 2. The highest BCUT2D eigenvalue weighted by molar-refractivity contribution is 8.00. The van der Waals surface area contributed by atoms with Crippen LogP contribution >= 0.6 is 11.8 Å². The number of imide groups is 1. The molecule has 0 spiro atoms. The summed E-state index contributed by atoms with van der Waals surface area (Å²) in [4.78, 5) is 28.5. The van der Waals surface area contributed by atoms with E-state index >= 15 is 0 Å². The molecule has 2 aromatic rings. The van der Waals surface area contributed by atoms with Gasteiger partial charge in [-0.3, -0.25) is 10.1 Å². The van der Waals surface area contributed by atoms with Crippen LogP contribution in [-0.2, 0) is 21.4 Å². The first kappa shape index (κ1) is 25.2. The fourth-order valence-electron chi connectivity index (χ4n) is 3.07. The zero-order chi connectivity index (χ0) is 23.2. The molecule has 1 heterocycles. The van der Waals surface area contributed by atoms with E-state index in [4.69, 9.17) is 0 Å². The van der Waals surface area contributed by atoms with Crippen molar-refractivity contribution in [3.8, 4) is 0 Å². The Bertz CT molecular complexity index is 1030. The number of nitrogens with one attached hydrogen (secondary N) is 2. The van der Waals surface area contributed by atoms with Gasteiger partial charge in [0.15, 0.2) is 5.16 Å². The lowest BCUT2D eigenvalue weighted by atomic mass is 10.3. The van der Waals surface area contributed by atoms with Gasteiger partial charge in [-0.25, -0.2) is 18.2 Å². The molecule has 0 saturated heterocycles. The van der Waals surface area contributed by atoms with E-state index in [1.807, 2.05) is 4.57 Å². The van der Waals surface area contributed by atoms with Crippen molar-refractivity contribution in [2.75, 3.05) is 20.1 Å². The average molecular weight is 470 g/mol. The smallest absolute Gasteiger partial charge is 0.321 e. The number of benzene rings is 1. The van der Waals surface area contributed by atoms with Crippen LogP contribution in [0.2, 0.25) is 0 Å². The van der Waals surface area contributed by atoms with Crippen molar-refractivity contribution in [3.05, 3.63) is 18.2 Å². The van der Waals surface area contributed by atoms with Crippen LogP contribution in [0, 0.1) is 0 Å². The highest BCUT2D eigenvalue weighted by Crippen LogP contribution is 2.30. The predicted octanol–water partition coefficient (Wildman–Crippen LogP) is 2.80. The van der Waals surface area contributed by atoms with Gasteiger partial charge in [0.1, 0.15) is 0 Å². The van der Waals surface area contributed by atoms with Gasteiger partial charge in [0, 0.05) is 26.7 Å². The maximum atomic E-state index is 12.9. The van der Waals surface area contributed by atoms with Crippen LogP contribution < -0.4 is 10.6 Å². The van der Waals surface area contributed by atoms with E-state index < -0.39 is 27.2 Å². The van der Waals surface area contributed by atoms with Gasteiger partial charge in [0.25, 0.3) is 0 Å². The summed E-state index contributed by atoms with van der Waals surface area (Å²) in [5.41, 5.74) is 1.37. The molecule has 31 heavy (non-hydrogen) atoms. The molecule has 1 aromatic carbocycles. The van der Waals surface area contributed by atoms with Crippen molar-refractivity contribution >= 4 is 44.8 Å². The molecule has 11 heteroatoms. The summed E-state index contributed by atoms with van der Waals surface area (Å²) >= 11 is 1.24. The van der Waals surface area contributed by atoms with Gasteiger partial charge < -0.3 is 9.88 Å². The molecule has 0 radical (unpaired) electrons. The second-order valence-corrected chi connectivity index (χ2v) is 10.2. The first-order valence-electron chi connectivity index (χ1n) is 10.4. The molecule has 0 aliphatic rings. The number of unbranched alkanes of at least 4 members (excludes halogenated alkanes) is 1. The summed E-state index contributed by atoms with van der Waals surface area (Å²) in [5.74, 6) is -0.428. The summed E-state index contributed by atoms with van der Waals surface area (Å²) in [6, 6.07) is 4.40. The van der Waals surface area contributed by atoms with E-state index in [0.717, 1.165) is 18.4 Å². The number of imidazole rings is 1. The van der Waals surface area contributed by atoms with E-state index in [1.54, 1.807) is 39.0 Å². The zero-order valence-electron chi connectivity index (χ0n) is 18.6. The standard InChI is InChI=1S/C20H31N5O4S2/c1-6-9-12-25-17-11-10-15(31(28,29)24(7-2)8-3)13-16(17)22-20(25)30-14(4)18(26)23-19(27)21-5/h10-11,13-14H,6-9,12H2,1-5H3,(H2,21,23,26,27)/t14-/m1/s1. The quantitative estimate of drug-likeness (QED) is 0.517. The number of hydrogen-bond acceptors (Lipinski definition) is 6. The Morgan fingerprint density at radius 1 is 1.23 bits per heavy atom. The third kappa shape index (κ3) is 5.78. The molecule has 9 nitrogen and oxygen atoms in total. The predicted molar refractivity (Wildman–Crippen MR) is 123 cm³/mol. The first-order chi connectivity index (χ1) is 14.7. The van der Waals surface area contributed by atoms with E-state index in [9.17, 15) is 18.0 Å². The second-order valence-electron chi connectivity index (χ2n) is 6.97. The van der Waals surface area contributed by atoms with Crippen LogP contribution in [0.15, 0.2) is 28.3 Å². The van der Waals surface area contributed by atoms with E-state index in [0.29, 0.717) is 30.3 Å². The highest BCUT2D eigenvalue weighted by atomic mass is 32.2. The Labute approximate surface area is 188 Å². The van der Waals surface area contributed by atoms with Crippen LogP contribution in [0.3, 0.4) is 0 Å². The third-order valence-electron chi connectivity index (χ3n) is 4.88. The Balaban J connectivity index is 2.44. The van der Waals surface area contributed by atoms with Gasteiger partial charge in [0.05, 0.1) is 21.2 Å². The van der Waals surface area contributed by atoms with Gasteiger partial charge in [-0.05, 0) is 31.5 Å². The van der Waals surface area contributed by atoms with Gasteiger partial charge in [-0.1, -0.05) is 39.0 Å².